The SMILES string of the molecule is CCNC(=S)N(CCN(CC)CC)Cc1cc2cc(C)ccc2[nH]c1=O. The van der Waals surface area contributed by atoms with Gasteiger partial charge in [0.1, 0.15) is 0 Å². The number of hydrogen-bond donors (Lipinski definition) is 2. The summed E-state index contributed by atoms with van der Waals surface area (Å²) in [7, 11) is 0. The van der Waals surface area contributed by atoms with Crippen LogP contribution in [0.4, 0.5) is 0 Å². The van der Waals surface area contributed by atoms with Crippen LogP contribution in [0.5, 0.6) is 0 Å². The van der Waals surface area contributed by atoms with Crippen LogP contribution in [-0.2, 0) is 6.54 Å². The summed E-state index contributed by atoms with van der Waals surface area (Å²) in [5, 5.41) is 4.97. The lowest BCUT2D eigenvalue weighted by Crippen LogP contribution is -2.44. The highest BCUT2D eigenvalue weighted by Crippen LogP contribution is 2.14. The van der Waals surface area contributed by atoms with Crippen LogP contribution in [-0.4, -0.2) is 52.6 Å². The Balaban J connectivity index is 2.25. The van der Waals surface area contributed by atoms with Gasteiger partial charge >= 0.3 is 0 Å². The third kappa shape index (κ3) is 5.29. The number of rotatable bonds is 8. The molecular formula is C20H30N4OS. The van der Waals surface area contributed by atoms with Crippen molar-refractivity contribution < 1.29 is 0 Å². The minimum Gasteiger partial charge on any atom is -0.363 e. The number of aryl methyl sites for hydroxylation is 1. The van der Waals surface area contributed by atoms with Crippen LogP contribution < -0.4 is 10.9 Å². The fourth-order valence-electron chi connectivity index (χ4n) is 3.01. The lowest BCUT2D eigenvalue weighted by Gasteiger charge is -2.28. The van der Waals surface area contributed by atoms with E-state index in [4.69, 9.17) is 12.2 Å². The van der Waals surface area contributed by atoms with E-state index in [2.05, 4.69) is 46.9 Å². The van der Waals surface area contributed by atoms with Gasteiger partial charge < -0.3 is 20.1 Å². The van der Waals surface area contributed by atoms with E-state index in [9.17, 15) is 4.79 Å². The first-order chi connectivity index (χ1) is 12.5. The van der Waals surface area contributed by atoms with E-state index in [1.54, 1.807) is 0 Å². The molecule has 0 fully saturated rings. The van der Waals surface area contributed by atoms with Crippen molar-refractivity contribution in [1.82, 2.24) is 20.1 Å². The van der Waals surface area contributed by atoms with E-state index < -0.39 is 0 Å². The number of likely N-dealkylation sites (N-methyl/N-ethyl adjacent to an activating group) is 1. The topological polar surface area (TPSA) is 51.4 Å². The van der Waals surface area contributed by atoms with Gasteiger partial charge in [0.15, 0.2) is 5.11 Å². The Hall–Kier alpha value is -1.92. The standard InChI is InChI=1S/C20H30N4OS/c1-5-21-20(26)24(11-10-23(6-2)7-3)14-17-13-16-12-15(4)8-9-18(16)22-19(17)25/h8-9,12-13H,5-7,10-11,14H2,1-4H3,(H,21,26)(H,22,25). The molecule has 0 aliphatic rings. The molecule has 0 aliphatic heterocycles. The van der Waals surface area contributed by atoms with Crippen LogP contribution in [0.2, 0.25) is 0 Å². The van der Waals surface area contributed by atoms with E-state index in [1.165, 1.54) is 5.56 Å². The number of nitrogens with one attached hydrogen (secondary N) is 2. The minimum atomic E-state index is -0.0477. The maximum absolute atomic E-state index is 12.5. The molecule has 0 saturated heterocycles. The van der Waals surface area contributed by atoms with Crippen LogP contribution in [0.15, 0.2) is 29.1 Å². The maximum atomic E-state index is 12.5. The molecule has 0 saturated carbocycles. The molecular weight excluding hydrogens is 344 g/mol. The van der Waals surface area contributed by atoms with Gasteiger partial charge in [-0.1, -0.05) is 25.5 Å². The Bertz CT molecular complexity index is 798. The van der Waals surface area contributed by atoms with Crippen LogP contribution in [0.1, 0.15) is 31.9 Å². The molecule has 142 valence electrons. The Morgan fingerprint density at radius 3 is 2.54 bits per heavy atom. The second-order valence-electron chi connectivity index (χ2n) is 6.50. The maximum Gasteiger partial charge on any atom is 0.253 e. The van der Waals surface area contributed by atoms with Crippen molar-refractivity contribution in [3.05, 3.63) is 45.7 Å². The summed E-state index contributed by atoms with van der Waals surface area (Å²) in [6.45, 7) is 13.4. The molecule has 5 nitrogen and oxygen atoms in total. The highest BCUT2D eigenvalue weighted by molar-refractivity contribution is 7.80. The van der Waals surface area contributed by atoms with Gasteiger partial charge in [0.2, 0.25) is 0 Å². The zero-order chi connectivity index (χ0) is 19.1. The molecule has 0 amide bonds. The van der Waals surface area contributed by atoms with Crippen LogP contribution in [0.3, 0.4) is 0 Å². The predicted octanol–water partition coefficient (Wildman–Crippen LogP) is 2.87. The van der Waals surface area contributed by atoms with Crippen LogP contribution in [0, 0.1) is 6.92 Å². The summed E-state index contributed by atoms with van der Waals surface area (Å²) in [6.07, 6.45) is 0. The lowest BCUT2D eigenvalue weighted by molar-refractivity contribution is 0.263. The number of aromatic amines is 1. The predicted molar refractivity (Wildman–Crippen MR) is 114 cm³/mol. The Morgan fingerprint density at radius 1 is 1.15 bits per heavy atom. The van der Waals surface area contributed by atoms with E-state index in [1.807, 2.05) is 25.1 Å². The van der Waals surface area contributed by atoms with Crippen LogP contribution >= 0.6 is 12.2 Å². The molecule has 2 N–H and O–H groups in total. The molecule has 2 aromatic rings. The summed E-state index contributed by atoms with van der Waals surface area (Å²) in [5.74, 6) is 0. The molecule has 6 heteroatoms. The Kier molecular flexibility index (Phi) is 7.60. The summed E-state index contributed by atoms with van der Waals surface area (Å²) in [5.41, 5.74) is 2.74. The van der Waals surface area contributed by atoms with Crippen molar-refractivity contribution in [2.24, 2.45) is 0 Å². The van der Waals surface area contributed by atoms with Crippen molar-refractivity contribution in [2.75, 3.05) is 32.7 Å². The zero-order valence-corrected chi connectivity index (χ0v) is 17.1. The van der Waals surface area contributed by atoms with Crippen LogP contribution in [0.25, 0.3) is 10.9 Å². The molecule has 1 heterocycles. The molecule has 0 spiro atoms. The molecule has 1 aromatic heterocycles. The normalized spacial score (nSPS) is 11.1. The zero-order valence-electron chi connectivity index (χ0n) is 16.3. The quantitative estimate of drug-likeness (QED) is 0.696. The summed E-state index contributed by atoms with van der Waals surface area (Å²) in [4.78, 5) is 20.0. The molecule has 0 unspecified atom stereocenters. The number of benzene rings is 1. The molecule has 0 bridgehead atoms. The smallest absolute Gasteiger partial charge is 0.253 e. The summed E-state index contributed by atoms with van der Waals surface area (Å²) >= 11 is 5.54. The first-order valence-electron chi connectivity index (χ1n) is 9.36. The number of nitrogens with zero attached hydrogens (tertiary/aromatic N) is 2. The van der Waals surface area contributed by atoms with Gasteiger partial charge in [0.25, 0.3) is 5.56 Å². The number of thiocarbonyl (C=S) groups is 1. The highest BCUT2D eigenvalue weighted by Gasteiger charge is 2.14. The van der Waals surface area contributed by atoms with Gasteiger partial charge in [-0.3, -0.25) is 4.79 Å². The number of pyridine rings is 1. The van der Waals surface area contributed by atoms with Gasteiger partial charge in [-0.05, 0) is 62.7 Å². The molecule has 2 rings (SSSR count). The minimum absolute atomic E-state index is 0.0477. The van der Waals surface area contributed by atoms with E-state index in [-0.39, 0.29) is 5.56 Å². The average Bonchev–Trinajstić information content (AvgIpc) is 2.62. The van der Waals surface area contributed by atoms with Crippen molar-refractivity contribution in [2.45, 2.75) is 34.2 Å². The molecule has 0 aliphatic carbocycles. The van der Waals surface area contributed by atoms with Crippen molar-refractivity contribution in [3.63, 3.8) is 0 Å². The van der Waals surface area contributed by atoms with E-state index >= 15 is 0 Å². The largest absolute Gasteiger partial charge is 0.363 e. The lowest BCUT2D eigenvalue weighted by atomic mass is 10.1. The van der Waals surface area contributed by atoms with Crippen molar-refractivity contribution >= 4 is 28.2 Å². The number of aromatic nitrogens is 1. The number of H-pyrrole nitrogens is 1. The van der Waals surface area contributed by atoms with Gasteiger partial charge in [-0.2, -0.15) is 0 Å². The van der Waals surface area contributed by atoms with Gasteiger partial charge in [0, 0.05) is 30.7 Å². The Labute approximate surface area is 161 Å². The molecule has 1 aromatic carbocycles. The van der Waals surface area contributed by atoms with E-state index in [0.29, 0.717) is 11.7 Å². The first kappa shape index (κ1) is 20.4. The number of hydrogen-bond acceptors (Lipinski definition) is 3. The van der Waals surface area contributed by atoms with Crippen molar-refractivity contribution in [3.8, 4) is 0 Å². The average molecular weight is 375 g/mol. The Morgan fingerprint density at radius 2 is 1.88 bits per heavy atom. The summed E-state index contributed by atoms with van der Waals surface area (Å²) < 4.78 is 0. The highest BCUT2D eigenvalue weighted by atomic mass is 32.1. The third-order valence-electron chi connectivity index (χ3n) is 4.63. The summed E-state index contributed by atoms with van der Waals surface area (Å²) in [6, 6.07) is 8.05. The molecule has 0 radical (unpaired) electrons. The second-order valence-corrected chi connectivity index (χ2v) is 6.89. The fourth-order valence-corrected chi connectivity index (χ4v) is 3.31. The third-order valence-corrected chi connectivity index (χ3v) is 5.04. The number of fused-ring (bicyclic) bond motifs is 1. The molecule has 26 heavy (non-hydrogen) atoms. The van der Waals surface area contributed by atoms with Crippen molar-refractivity contribution in [1.29, 1.82) is 0 Å². The van der Waals surface area contributed by atoms with Gasteiger partial charge in [-0.15, -0.1) is 0 Å². The van der Waals surface area contributed by atoms with E-state index in [0.717, 1.165) is 49.2 Å². The fraction of sp³-hybridized carbons (Fsp3) is 0.500. The second kappa shape index (κ2) is 9.69. The van der Waals surface area contributed by atoms with Gasteiger partial charge in [0.05, 0.1) is 6.54 Å². The first-order valence-corrected chi connectivity index (χ1v) is 9.77. The monoisotopic (exact) mass is 374 g/mol. The van der Waals surface area contributed by atoms with Gasteiger partial charge in [-0.25, -0.2) is 0 Å². The molecule has 0 atom stereocenters.